The van der Waals surface area contributed by atoms with Crippen molar-refractivity contribution in [3.8, 4) is 5.75 Å². The Kier molecular flexibility index (Phi) is 4.35. The van der Waals surface area contributed by atoms with E-state index >= 15 is 0 Å². The largest absolute Gasteiger partial charge is 0.497 e. The van der Waals surface area contributed by atoms with Crippen LogP contribution >= 0.6 is 0 Å². The third-order valence-corrected chi connectivity index (χ3v) is 4.11. The van der Waals surface area contributed by atoms with Crippen LogP contribution in [0.5, 0.6) is 5.75 Å². The Balaban J connectivity index is 2.27. The van der Waals surface area contributed by atoms with Gasteiger partial charge < -0.3 is 19.8 Å². The Hall–Kier alpha value is -2.24. The van der Waals surface area contributed by atoms with Gasteiger partial charge >= 0.3 is 12.1 Å². The molecule has 1 aliphatic heterocycles. The quantitative estimate of drug-likeness (QED) is 0.892. The maximum absolute atomic E-state index is 11.5. The van der Waals surface area contributed by atoms with Crippen LogP contribution < -0.4 is 4.74 Å². The van der Waals surface area contributed by atoms with Crippen molar-refractivity contribution in [2.45, 2.75) is 25.3 Å². The van der Waals surface area contributed by atoms with Gasteiger partial charge in [-0.15, -0.1) is 0 Å². The number of hydrogen-bond donors (Lipinski definition) is 2. The number of piperidine rings is 1. The van der Waals surface area contributed by atoms with E-state index < -0.39 is 18.0 Å². The number of benzene rings is 1. The summed E-state index contributed by atoms with van der Waals surface area (Å²) in [6.07, 6.45) is -0.572. The van der Waals surface area contributed by atoms with Crippen LogP contribution in [-0.2, 0) is 4.79 Å². The first-order chi connectivity index (χ1) is 9.93. The Bertz CT molecular complexity index is 527. The van der Waals surface area contributed by atoms with Crippen molar-refractivity contribution in [2.24, 2.45) is 5.92 Å². The molecular formula is C15H19NO5. The molecule has 2 N–H and O–H groups in total. The van der Waals surface area contributed by atoms with Crippen LogP contribution in [0.15, 0.2) is 24.3 Å². The number of rotatable bonds is 3. The molecule has 3 atom stereocenters. The van der Waals surface area contributed by atoms with Crippen LogP contribution in [0.25, 0.3) is 0 Å². The average molecular weight is 293 g/mol. The van der Waals surface area contributed by atoms with Crippen LogP contribution in [0, 0.1) is 5.92 Å². The smallest absolute Gasteiger partial charge is 0.407 e. The molecule has 1 fully saturated rings. The van der Waals surface area contributed by atoms with Gasteiger partial charge in [-0.3, -0.25) is 4.79 Å². The Morgan fingerprint density at radius 2 is 1.86 bits per heavy atom. The van der Waals surface area contributed by atoms with E-state index in [1.54, 1.807) is 19.2 Å². The molecule has 1 aromatic rings. The molecule has 21 heavy (non-hydrogen) atoms. The van der Waals surface area contributed by atoms with Crippen LogP contribution in [0.2, 0.25) is 0 Å². The highest BCUT2D eigenvalue weighted by Crippen LogP contribution is 2.36. The molecule has 1 heterocycles. The second kappa shape index (κ2) is 6.03. The van der Waals surface area contributed by atoms with Crippen LogP contribution in [0.4, 0.5) is 4.79 Å². The molecule has 6 nitrogen and oxygen atoms in total. The van der Waals surface area contributed by atoms with Gasteiger partial charge in [0, 0.05) is 18.5 Å². The summed E-state index contributed by atoms with van der Waals surface area (Å²) in [6, 6.07) is 7.08. The van der Waals surface area contributed by atoms with E-state index in [2.05, 4.69) is 0 Å². The van der Waals surface area contributed by atoms with Crippen molar-refractivity contribution >= 4 is 12.1 Å². The molecule has 114 valence electrons. The highest BCUT2D eigenvalue weighted by atomic mass is 16.5. The Labute approximate surface area is 122 Å². The molecule has 1 amide bonds. The van der Waals surface area contributed by atoms with Gasteiger partial charge in [0.25, 0.3) is 0 Å². The van der Waals surface area contributed by atoms with Crippen molar-refractivity contribution < 1.29 is 24.5 Å². The van der Waals surface area contributed by atoms with E-state index in [1.165, 1.54) is 4.90 Å². The van der Waals surface area contributed by atoms with Gasteiger partial charge in [-0.25, -0.2) is 4.79 Å². The lowest BCUT2D eigenvalue weighted by molar-refractivity contribution is -0.144. The number of ether oxygens (including phenoxy) is 1. The number of nitrogens with zero attached hydrogens (tertiary/aromatic N) is 1. The summed E-state index contributed by atoms with van der Waals surface area (Å²) in [7, 11) is 1.57. The van der Waals surface area contributed by atoms with Gasteiger partial charge in [0.15, 0.2) is 0 Å². The second-order valence-electron chi connectivity index (χ2n) is 5.34. The summed E-state index contributed by atoms with van der Waals surface area (Å²) in [5, 5.41) is 18.6. The molecule has 6 heteroatoms. The summed E-state index contributed by atoms with van der Waals surface area (Å²) in [5.74, 6) is -1.18. The summed E-state index contributed by atoms with van der Waals surface area (Å²) in [4.78, 5) is 23.9. The SMILES string of the molecule is COc1ccc(C2CC(C)N(C(=O)O)CC2C(=O)O)cc1. The van der Waals surface area contributed by atoms with Crippen molar-refractivity contribution in [3.63, 3.8) is 0 Å². The van der Waals surface area contributed by atoms with Crippen molar-refractivity contribution in [2.75, 3.05) is 13.7 Å². The predicted octanol–water partition coefficient (Wildman–Crippen LogP) is 2.25. The zero-order valence-corrected chi connectivity index (χ0v) is 12.0. The molecule has 0 saturated carbocycles. The minimum absolute atomic E-state index is 0.0164. The maximum atomic E-state index is 11.5. The number of aliphatic carboxylic acids is 1. The lowest BCUT2D eigenvalue weighted by atomic mass is 9.78. The molecule has 2 rings (SSSR count). The topological polar surface area (TPSA) is 87.1 Å². The first kappa shape index (κ1) is 15.2. The van der Waals surface area contributed by atoms with Crippen molar-refractivity contribution in [1.29, 1.82) is 0 Å². The lowest BCUT2D eigenvalue weighted by Gasteiger charge is -2.40. The number of carboxylic acids is 1. The Morgan fingerprint density at radius 3 is 2.33 bits per heavy atom. The molecule has 0 aliphatic carbocycles. The zero-order valence-electron chi connectivity index (χ0n) is 12.0. The number of methoxy groups -OCH3 is 1. The molecule has 0 aromatic heterocycles. The average Bonchev–Trinajstić information content (AvgIpc) is 2.46. The van der Waals surface area contributed by atoms with Gasteiger partial charge in [-0.2, -0.15) is 0 Å². The molecule has 0 spiro atoms. The standard InChI is InChI=1S/C15H19NO5/c1-9-7-12(10-3-5-11(21-2)6-4-10)13(14(17)18)8-16(9)15(19)20/h3-6,9,12-13H,7-8H2,1-2H3,(H,17,18)(H,19,20). The van der Waals surface area contributed by atoms with Crippen molar-refractivity contribution in [3.05, 3.63) is 29.8 Å². The molecule has 0 radical (unpaired) electrons. The lowest BCUT2D eigenvalue weighted by Crippen LogP contribution is -2.49. The number of hydrogen-bond acceptors (Lipinski definition) is 3. The number of amides is 1. The van der Waals surface area contributed by atoms with E-state index in [9.17, 15) is 14.7 Å². The first-order valence-corrected chi connectivity index (χ1v) is 6.80. The fourth-order valence-electron chi connectivity index (χ4n) is 2.91. The van der Waals surface area contributed by atoms with E-state index in [0.29, 0.717) is 12.2 Å². The third kappa shape index (κ3) is 3.09. The predicted molar refractivity (Wildman–Crippen MR) is 75.7 cm³/mol. The number of likely N-dealkylation sites (tertiary alicyclic amines) is 1. The Morgan fingerprint density at radius 1 is 1.24 bits per heavy atom. The first-order valence-electron chi connectivity index (χ1n) is 6.80. The van der Waals surface area contributed by atoms with Crippen LogP contribution in [-0.4, -0.2) is 46.9 Å². The number of carbonyl (C=O) groups is 2. The molecular weight excluding hydrogens is 274 g/mol. The summed E-state index contributed by atoms with van der Waals surface area (Å²) >= 11 is 0. The van der Waals surface area contributed by atoms with E-state index in [4.69, 9.17) is 9.84 Å². The van der Waals surface area contributed by atoms with Gasteiger partial charge in [0.2, 0.25) is 0 Å². The molecule has 1 aromatic carbocycles. The fraction of sp³-hybridized carbons (Fsp3) is 0.467. The highest BCUT2D eigenvalue weighted by Gasteiger charge is 2.40. The molecule has 0 bridgehead atoms. The zero-order chi connectivity index (χ0) is 15.6. The minimum atomic E-state index is -1.07. The summed E-state index contributed by atoms with van der Waals surface area (Å²) < 4.78 is 5.10. The summed E-state index contributed by atoms with van der Waals surface area (Å²) in [5.41, 5.74) is 0.903. The summed E-state index contributed by atoms with van der Waals surface area (Å²) in [6.45, 7) is 1.82. The third-order valence-electron chi connectivity index (χ3n) is 4.11. The maximum Gasteiger partial charge on any atom is 0.407 e. The van der Waals surface area contributed by atoms with E-state index in [1.807, 2.05) is 19.1 Å². The molecule has 1 aliphatic rings. The van der Waals surface area contributed by atoms with Crippen molar-refractivity contribution in [1.82, 2.24) is 4.90 Å². The highest BCUT2D eigenvalue weighted by molar-refractivity contribution is 5.74. The normalized spacial score (nSPS) is 25.4. The number of carboxylic acid groups (broad SMARTS) is 2. The van der Waals surface area contributed by atoms with E-state index in [0.717, 1.165) is 5.56 Å². The van der Waals surface area contributed by atoms with Gasteiger partial charge in [0.1, 0.15) is 5.75 Å². The second-order valence-corrected chi connectivity index (χ2v) is 5.34. The fourth-order valence-corrected chi connectivity index (χ4v) is 2.91. The van der Waals surface area contributed by atoms with E-state index in [-0.39, 0.29) is 18.5 Å². The molecule has 3 unspecified atom stereocenters. The molecule has 1 saturated heterocycles. The van der Waals surface area contributed by atoms with Crippen LogP contribution in [0.3, 0.4) is 0 Å². The van der Waals surface area contributed by atoms with Gasteiger partial charge in [-0.05, 0) is 31.0 Å². The minimum Gasteiger partial charge on any atom is -0.497 e. The van der Waals surface area contributed by atoms with Gasteiger partial charge in [-0.1, -0.05) is 12.1 Å². The van der Waals surface area contributed by atoms with Crippen LogP contribution in [0.1, 0.15) is 24.8 Å². The monoisotopic (exact) mass is 293 g/mol. The van der Waals surface area contributed by atoms with Gasteiger partial charge in [0.05, 0.1) is 13.0 Å².